The molecule has 4 aliphatic carbocycles. The molecule has 1 heterocycles. The molecule has 0 aromatic heterocycles. The summed E-state index contributed by atoms with van der Waals surface area (Å²) in [5.41, 5.74) is 0. The molecule has 5 rings (SSSR count). The van der Waals surface area contributed by atoms with Gasteiger partial charge in [0.05, 0.1) is 13.0 Å². The summed E-state index contributed by atoms with van der Waals surface area (Å²) < 4.78 is 23.2. The highest BCUT2D eigenvalue weighted by Crippen LogP contribution is 2.55. The second-order valence-corrected chi connectivity index (χ2v) is 20.2. The average molecular weight is 814 g/mol. The fourth-order valence-electron chi connectivity index (χ4n) is 10.4. The summed E-state index contributed by atoms with van der Waals surface area (Å²) in [7, 11) is 3.82. The van der Waals surface area contributed by atoms with Crippen LogP contribution in [0.4, 0.5) is 0 Å². The van der Waals surface area contributed by atoms with Crippen LogP contribution < -0.4 is 0 Å². The number of esters is 3. The number of nitrogens with zero attached hydrogens (tertiary/aromatic N) is 1. The summed E-state index contributed by atoms with van der Waals surface area (Å²) in [6.45, 7) is 5.29. The predicted molar refractivity (Wildman–Crippen MR) is 232 cm³/mol. The van der Waals surface area contributed by atoms with E-state index in [2.05, 4.69) is 13.8 Å². The Balaban J connectivity index is 0.897. The summed E-state index contributed by atoms with van der Waals surface area (Å²) >= 11 is 0. The zero-order chi connectivity index (χ0) is 41.1. The molecular weight excluding hydrogens is 727 g/mol. The van der Waals surface area contributed by atoms with E-state index in [1.165, 1.54) is 128 Å². The number of rotatable bonds is 35. The molecule has 8 heteroatoms. The molecule has 334 valence electrons. The first-order chi connectivity index (χ1) is 28.2. The summed E-state index contributed by atoms with van der Waals surface area (Å²) in [5.74, 6) is 7.27. The van der Waals surface area contributed by atoms with Gasteiger partial charge in [0.2, 0.25) is 0 Å². The van der Waals surface area contributed by atoms with Crippen LogP contribution in [0, 0.1) is 47.3 Å². The fourth-order valence-corrected chi connectivity index (χ4v) is 10.4. The van der Waals surface area contributed by atoms with Crippen molar-refractivity contribution in [2.45, 2.75) is 218 Å². The largest absolute Gasteiger partial charge is 0.463 e. The Morgan fingerprint density at radius 1 is 0.517 bits per heavy atom. The van der Waals surface area contributed by atoms with Gasteiger partial charge in [-0.15, -0.1) is 0 Å². The zero-order valence-electron chi connectivity index (χ0n) is 37.8. The fraction of sp³-hybridized carbons (Fsp3) is 0.940. The molecule has 8 unspecified atom stereocenters. The van der Waals surface area contributed by atoms with E-state index < -0.39 is 18.3 Å². The Morgan fingerprint density at radius 2 is 0.948 bits per heavy atom. The lowest BCUT2D eigenvalue weighted by atomic mass is 10.0. The molecule has 11 atom stereocenters. The third-order valence-electron chi connectivity index (χ3n) is 14.7. The Hall–Kier alpha value is -1.67. The van der Waals surface area contributed by atoms with Crippen molar-refractivity contribution < 1.29 is 33.3 Å². The summed E-state index contributed by atoms with van der Waals surface area (Å²) in [6, 6.07) is 0. The molecule has 58 heavy (non-hydrogen) atoms. The lowest BCUT2D eigenvalue weighted by Gasteiger charge is -2.23. The normalized spacial score (nSPS) is 30.7. The Labute approximate surface area is 354 Å². The van der Waals surface area contributed by atoms with Gasteiger partial charge in [-0.05, 0) is 113 Å². The number of hydrogen-bond donors (Lipinski definition) is 0. The SMILES string of the molecule is CCCCCC1CC1CC1CC1CCCCCCCC(=O)O[C@@H]1[C@@H](OC(=O)CCCCCCCC2CC2CC2CC2CCCCC)CO[C@@H]1COC(=O)CCN(C)C. The van der Waals surface area contributed by atoms with Crippen molar-refractivity contribution in [3.8, 4) is 0 Å². The van der Waals surface area contributed by atoms with Crippen molar-refractivity contribution in [2.75, 3.05) is 33.9 Å². The molecule has 8 nitrogen and oxygen atoms in total. The number of carbonyl (C=O) groups excluding carboxylic acids is 3. The van der Waals surface area contributed by atoms with Gasteiger partial charge in [-0.2, -0.15) is 0 Å². The monoisotopic (exact) mass is 814 g/mol. The van der Waals surface area contributed by atoms with Gasteiger partial charge in [-0.25, -0.2) is 0 Å². The van der Waals surface area contributed by atoms with Crippen LogP contribution in [0.15, 0.2) is 0 Å². The van der Waals surface area contributed by atoms with Crippen molar-refractivity contribution in [3.05, 3.63) is 0 Å². The number of unbranched alkanes of at least 4 members (excludes halogenated alkanes) is 12. The standard InChI is InChI=1S/C50H87NO7/c1-5-7-15-21-37-29-41(37)33-43-31-39(43)23-17-11-9-13-19-25-48(53)57-46-36-55-45(35-56-47(52)27-28-51(3)4)50(46)58-49(54)26-20-14-10-12-18-24-40-32-44(40)34-42-30-38(42)22-16-8-6-2/h37-46,50H,5-36H2,1-4H3/t37?,38?,39?,40?,41?,42?,43?,44?,45-,46+,50+/m1/s1. The molecule has 0 amide bonds. The van der Waals surface area contributed by atoms with Crippen molar-refractivity contribution >= 4 is 17.9 Å². The van der Waals surface area contributed by atoms with Gasteiger partial charge in [-0.3, -0.25) is 14.4 Å². The Morgan fingerprint density at radius 3 is 1.41 bits per heavy atom. The molecule has 5 aliphatic rings. The maximum absolute atomic E-state index is 13.0. The van der Waals surface area contributed by atoms with Crippen LogP contribution >= 0.6 is 0 Å². The van der Waals surface area contributed by atoms with Crippen molar-refractivity contribution in [3.63, 3.8) is 0 Å². The van der Waals surface area contributed by atoms with E-state index in [4.69, 9.17) is 18.9 Å². The quantitative estimate of drug-likeness (QED) is 0.0355. The second kappa shape index (κ2) is 26.0. The smallest absolute Gasteiger partial charge is 0.307 e. The molecule has 1 saturated heterocycles. The van der Waals surface area contributed by atoms with Crippen molar-refractivity contribution in [2.24, 2.45) is 47.3 Å². The molecular formula is C50H87NO7. The highest BCUT2D eigenvalue weighted by Gasteiger charge is 2.46. The minimum absolute atomic E-state index is 0.0257. The van der Waals surface area contributed by atoms with Crippen LogP contribution in [0.1, 0.15) is 200 Å². The van der Waals surface area contributed by atoms with Gasteiger partial charge >= 0.3 is 17.9 Å². The van der Waals surface area contributed by atoms with Gasteiger partial charge in [0.1, 0.15) is 12.7 Å². The van der Waals surface area contributed by atoms with Crippen LogP contribution in [-0.2, 0) is 33.3 Å². The van der Waals surface area contributed by atoms with Crippen molar-refractivity contribution in [1.82, 2.24) is 4.90 Å². The van der Waals surface area contributed by atoms with Gasteiger partial charge in [0.25, 0.3) is 0 Å². The molecule has 0 spiro atoms. The molecule has 1 aliphatic heterocycles. The zero-order valence-corrected chi connectivity index (χ0v) is 37.8. The molecule has 0 aromatic rings. The lowest BCUT2D eigenvalue weighted by Crippen LogP contribution is -2.40. The highest BCUT2D eigenvalue weighted by atomic mass is 16.6. The lowest BCUT2D eigenvalue weighted by molar-refractivity contribution is -0.168. The van der Waals surface area contributed by atoms with Crippen LogP contribution in [-0.4, -0.2) is 75.0 Å². The maximum Gasteiger partial charge on any atom is 0.307 e. The maximum atomic E-state index is 13.0. The third kappa shape index (κ3) is 18.5. The minimum Gasteiger partial charge on any atom is -0.463 e. The molecule has 0 bridgehead atoms. The molecule has 5 fully saturated rings. The topological polar surface area (TPSA) is 91.4 Å². The van der Waals surface area contributed by atoms with Crippen molar-refractivity contribution in [1.29, 1.82) is 0 Å². The van der Waals surface area contributed by atoms with E-state index >= 15 is 0 Å². The first-order valence-electron chi connectivity index (χ1n) is 25.0. The Bertz CT molecular complexity index is 1190. The van der Waals surface area contributed by atoms with E-state index in [-0.39, 0.29) is 37.5 Å². The number of carbonyl (C=O) groups is 3. The number of hydrogen-bond acceptors (Lipinski definition) is 8. The van der Waals surface area contributed by atoms with Gasteiger partial charge in [0.15, 0.2) is 12.2 Å². The van der Waals surface area contributed by atoms with Crippen LogP contribution in [0.2, 0.25) is 0 Å². The van der Waals surface area contributed by atoms with Gasteiger partial charge < -0.3 is 23.8 Å². The van der Waals surface area contributed by atoms with E-state index in [1.807, 2.05) is 19.0 Å². The van der Waals surface area contributed by atoms with Crippen LogP contribution in [0.5, 0.6) is 0 Å². The highest BCUT2D eigenvalue weighted by molar-refractivity contribution is 5.71. The average Bonchev–Trinajstić information content (AvgIpc) is 4.08. The predicted octanol–water partition coefficient (Wildman–Crippen LogP) is 11.7. The molecule has 0 N–H and O–H groups in total. The van der Waals surface area contributed by atoms with E-state index in [0.717, 1.165) is 85.9 Å². The van der Waals surface area contributed by atoms with E-state index in [9.17, 15) is 14.4 Å². The third-order valence-corrected chi connectivity index (χ3v) is 14.7. The van der Waals surface area contributed by atoms with Gasteiger partial charge in [-0.1, -0.05) is 129 Å². The molecule has 0 radical (unpaired) electrons. The molecule has 4 saturated carbocycles. The van der Waals surface area contributed by atoms with E-state index in [1.54, 1.807) is 0 Å². The van der Waals surface area contributed by atoms with Gasteiger partial charge in [0, 0.05) is 19.4 Å². The summed E-state index contributed by atoms with van der Waals surface area (Å²) in [5, 5.41) is 0. The van der Waals surface area contributed by atoms with Crippen LogP contribution in [0.25, 0.3) is 0 Å². The second-order valence-electron chi connectivity index (χ2n) is 20.2. The van der Waals surface area contributed by atoms with E-state index in [0.29, 0.717) is 19.4 Å². The number of ether oxygens (including phenoxy) is 4. The summed E-state index contributed by atoms with van der Waals surface area (Å²) in [4.78, 5) is 40.2. The first kappa shape index (κ1) is 47.4. The Kier molecular flexibility index (Phi) is 21.2. The summed E-state index contributed by atoms with van der Waals surface area (Å²) in [6.07, 6.45) is 32.8. The van der Waals surface area contributed by atoms with Crippen LogP contribution in [0.3, 0.4) is 0 Å². The minimum atomic E-state index is -0.773. The first-order valence-corrected chi connectivity index (χ1v) is 25.0. The molecule has 0 aromatic carbocycles.